The van der Waals surface area contributed by atoms with E-state index in [1.807, 2.05) is 19.9 Å². The molecule has 0 bridgehead atoms. The average Bonchev–Trinajstić information content (AvgIpc) is 2.93. The van der Waals surface area contributed by atoms with E-state index in [9.17, 15) is 19.2 Å². The second-order valence-corrected chi connectivity index (χ2v) is 6.67. The lowest BCUT2D eigenvalue weighted by Crippen LogP contribution is -2.36. The molecule has 0 aliphatic heterocycles. The molecule has 1 aromatic carbocycles. The van der Waals surface area contributed by atoms with E-state index in [-0.39, 0.29) is 22.3 Å². The monoisotopic (exact) mass is 385 g/mol. The van der Waals surface area contributed by atoms with Gasteiger partial charge in [0, 0.05) is 19.6 Å². The van der Waals surface area contributed by atoms with Crippen LogP contribution in [0.25, 0.3) is 11.6 Å². The Morgan fingerprint density at radius 1 is 1.41 bits per heavy atom. The fourth-order valence-corrected chi connectivity index (χ4v) is 3.71. The molecule has 5 nitrogen and oxygen atoms in total. The van der Waals surface area contributed by atoms with Crippen LogP contribution in [-0.4, -0.2) is 28.5 Å². The van der Waals surface area contributed by atoms with Crippen LogP contribution < -0.4 is 14.8 Å². The van der Waals surface area contributed by atoms with Crippen molar-refractivity contribution < 1.29 is 9.18 Å². The van der Waals surface area contributed by atoms with Crippen LogP contribution in [0.2, 0.25) is 0 Å². The Kier molecular flexibility index (Phi) is 6.85. The highest BCUT2D eigenvalue weighted by Crippen LogP contribution is 2.04. The van der Waals surface area contributed by atoms with Crippen molar-refractivity contribution in [1.82, 2.24) is 9.47 Å². The standard InChI is InChI=1S/C20H20FN3O2S/c1-4-10-24-19(26)17(12-14-8-7-9-15(21)11-14)27-20(24)16(13-22)18(25)23(5-2)6-3/h4,7-9,11-12H,1,5-6,10H2,2-3H3. The summed E-state index contributed by atoms with van der Waals surface area (Å²) in [6.45, 7) is 8.37. The minimum atomic E-state index is -0.418. The highest BCUT2D eigenvalue weighted by Gasteiger charge is 2.19. The zero-order valence-electron chi connectivity index (χ0n) is 15.2. The largest absolute Gasteiger partial charge is 0.338 e. The number of thiazole rings is 1. The first-order valence-electron chi connectivity index (χ1n) is 8.48. The summed E-state index contributed by atoms with van der Waals surface area (Å²) in [7, 11) is 0. The number of aromatic nitrogens is 1. The van der Waals surface area contributed by atoms with Gasteiger partial charge in [0.2, 0.25) is 0 Å². The summed E-state index contributed by atoms with van der Waals surface area (Å²) >= 11 is 1.04. The van der Waals surface area contributed by atoms with Gasteiger partial charge in [-0.3, -0.25) is 14.2 Å². The number of rotatable bonds is 6. The molecule has 7 heteroatoms. The van der Waals surface area contributed by atoms with Crippen LogP contribution in [0.5, 0.6) is 0 Å². The molecule has 0 unspecified atom stereocenters. The molecule has 1 heterocycles. The second-order valence-electron chi connectivity index (χ2n) is 5.64. The predicted molar refractivity (Wildman–Crippen MR) is 105 cm³/mol. The maximum atomic E-state index is 13.4. The van der Waals surface area contributed by atoms with E-state index in [0.717, 1.165) is 11.3 Å². The third-order valence-electron chi connectivity index (χ3n) is 3.96. The van der Waals surface area contributed by atoms with Gasteiger partial charge >= 0.3 is 0 Å². The Balaban J connectivity index is 2.80. The number of nitriles is 1. The summed E-state index contributed by atoms with van der Waals surface area (Å²) in [5, 5.41) is 9.58. The third-order valence-corrected chi connectivity index (χ3v) is 5.09. The molecule has 0 saturated carbocycles. The van der Waals surface area contributed by atoms with Gasteiger partial charge in [-0.15, -0.1) is 17.9 Å². The van der Waals surface area contributed by atoms with E-state index in [2.05, 4.69) is 6.58 Å². The number of amides is 1. The highest BCUT2D eigenvalue weighted by molar-refractivity contribution is 7.07. The predicted octanol–water partition coefficient (Wildman–Crippen LogP) is 1.61. The number of hydrogen-bond donors (Lipinski definition) is 0. The normalized spacial score (nSPS) is 12.4. The van der Waals surface area contributed by atoms with Crippen LogP contribution in [0, 0.1) is 17.1 Å². The van der Waals surface area contributed by atoms with Gasteiger partial charge in [0.15, 0.2) is 5.57 Å². The topological polar surface area (TPSA) is 66.1 Å². The quantitative estimate of drug-likeness (QED) is 0.710. The summed E-state index contributed by atoms with van der Waals surface area (Å²) in [6, 6.07) is 7.80. The van der Waals surface area contributed by atoms with Crippen molar-refractivity contribution >= 4 is 28.9 Å². The Bertz CT molecular complexity index is 1070. The molecule has 0 aliphatic rings. The molecule has 0 radical (unpaired) electrons. The van der Waals surface area contributed by atoms with Crippen LogP contribution in [0.4, 0.5) is 4.39 Å². The maximum absolute atomic E-state index is 13.4. The van der Waals surface area contributed by atoms with Crippen molar-refractivity contribution in [3.63, 3.8) is 0 Å². The molecule has 27 heavy (non-hydrogen) atoms. The number of allylic oxidation sites excluding steroid dienone is 1. The van der Waals surface area contributed by atoms with Crippen molar-refractivity contribution in [2.24, 2.45) is 0 Å². The molecule has 140 valence electrons. The SMILES string of the molecule is C=CCn1c(=C(C#N)C(=O)N(CC)CC)sc(=Cc2cccc(F)c2)c1=O. The Hall–Kier alpha value is -2.98. The molecule has 0 spiro atoms. The average molecular weight is 385 g/mol. The lowest BCUT2D eigenvalue weighted by molar-refractivity contribution is -0.124. The van der Waals surface area contributed by atoms with Crippen molar-refractivity contribution in [1.29, 1.82) is 5.26 Å². The van der Waals surface area contributed by atoms with Crippen molar-refractivity contribution in [2.75, 3.05) is 13.1 Å². The summed E-state index contributed by atoms with van der Waals surface area (Å²) in [4.78, 5) is 27.0. The minimum Gasteiger partial charge on any atom is -0.338 e. The van der Waals surface area contributed by atoms with Crippen molar-refractivity contribution in [2.45, 2.75) is 20.4 Å². The Labute approximate surface area is 160 Å². The fourth-order valence-electron chi connectivity index (χ4n) is 2.60. The molecule has 1 amide bonds. The summed E-state index contributed by atoms with van der Waals surface area (Å²) in [5.41, 5.74) is 0.0973. The third kappa shape index (κ3) is 4.41. The summed E-state index contributed by atoms with van der Waals surface area (Å²) in [6.07, 6.45) is 3.08. The Morgan fingerprint density at radius 3 is 2.67 bits per heavy atom. The van der Waals surface area contributed by atoms with Gasteiger partial charge in [0.05, 0.1) is 4.53 Å². The molecule has 1 aromatic heterocycles. The molecule has 0 aliphatic carbocycles. The van der Waals surface area contributed by atoms with Gasteiger partial charge in [0.1, 0.15) is 16.5 Å². The number of carbonyl (C=O) groups is 1. The first kappa shape index (κ1) is 20.3. The maximum Gasteiger partial charge on any atom is 0.269 e. The minimum absolute atomic E-state index is 0.0819. The molecular formula is C20H20FN3O2S. The van der Waals surface area contributed by atoms with Crippen LogP contribution in [0.15, 0.2) is 41.7 Å². The number of nitrogens with zero attached hydrogens (tertiary/aromatic N) is 3. The number of hydrogen-bond acceptors (Lipinski definition) is 4. The van der Waals surface area contributed by atoms with Gasteiger partial charge in [0.25, 0.3) is 11.5 Å². The van der Waals surface area contributed by atoms with E-state index in [1.54, 1.807) is 18.2 Å². The van der Waals surface area contributed by atoms with E-state index >= 15 is 0 Å². The lowest BCUT2D eigenvalue weighted by Gasteiger charge is -2.17. The molecule has 0 N–H and O–H groups in total. The molecule has 2 rings (SSSR count). The van der Waals surface area contributed by atoms with E-state index in [4.69, 9.17) is 0 Å². The first-order valence-corrected chi connectivity index (χ1v) is 9.29. The zero-order valence-corrected chi connectivity index (χ0v) is 16.1. The van der Waals surface area contributed by atoms with E-state index < -0.39 is 11.7 Å². The molecule has 0 fully saturated rings. The van der Waals surface area contributed by atoms with Crippen molar-refractivity contribution in [3.8, 4) is 6.07 Å². The van der Waals surface area contributed by atoms with Crippen molar-refractivity contribution in [3.05, 3.63) is 67.9 Å². The smallest absolute Gasteiger partial charge is 0.269 e. The Morgan fingerprint density at radius 2 is 2.11 bits per heavy atom. The van der Waals surface area contributed by atoms with Gasteiger partial charge < -0.3 is 4.90 Å². The molecule has 0 atom stereocenters. The number of halogens is 1. The lowest BCUT2D eigenvalue weighted by atomic mass is 10.2. The van der Waals surface area contributed by atoms with Crippen LogP contribution >= 0.6 is 11.3 Å². The first-order chi connectivity index (χ1) is 13.0. The summed E-state index contributed by atoms with van der Waals surface area (Å²) < 4.78 is 15.4. The van der Waals surface area contributed by atoms with Crippen LogP contribution in [0.1, 0.15) is 19.4 Å². The van der Waals surface area contributed by atoms with Crippen LogP contribution in [-0.2, 0) is 11.3 Å². The fraction of sp³-hybridized carbons (Fsp3) is 0.250. The zero-order chi connectivity index (χ0) is 20.0. The van der Waals surface area contributed by atoms with E-state index in [0.29, 0.717) is 23.2 Å². The van der Waals surface area contributed by atoms with Gasteiger partial charge in [-0.05, 0) is 37.6 Å². The van der Waals surface area contributed by atoms with Gasteiger partial charge in [-0.25, -0.2) is 4.39 Å². The molecule has 0 saturated heterocycles. The highest BCUT2D eigenvalue weighted by atomic mass is 32.1. The number of benzene rings is 1. The molecular weight excluding hydrogens is 365 g/mol. The van der Waals surface area contributed by atoms with Gasteiger partial charge in [-0.1, -0.05) is 18.2 Å². The molecule has 2 aromatic rings. The summed E-state index contributed by atoms with van der Waals surface area (Å²) in [5.74, 6) is -0.827. The van der Waals surface area contributed by atoms with Gasteiger partial charge in [-0.2, -0.15) is 5.26 Å². The number of carbonyl (C=O) groups excluding carboxylic acids is 1. The second kappa shape index (κ2) is 9.10. The van der Waals surface area contributed by atoms with E-state index in [1.165, 1.54) is 27.7 Å². The van der Waals surface area contributed by atoms with Crippen LogP contribution in [0.3, 0.4) is 0 Å².